The quantitative estimate of drug-likeness (QED) is 0.762. The summed E-state index contributed by atoms with van der Waals surface area (Å²) in [6.07, 6.45) is 0.0659. The highest BCUT2D eigenvalue weighted by Crippen LogP contribution is 2.22. The fourth-order valence-electron chi connectivity index (χ4n) is 2.54. The van der Waals surface area contributed by atoms with Crippen LogP contribution in [0.1, 0.15) is 32.3 Å². The van der Waals surface area contributed by atoms with Gasteiger partial charge in [-0.3, -0.25) is 9.59 Å². The molecule has 0 aliphatic carbocycles. The zero-order chi connectivity index (χ0) is 18.6. The molecule has 1 aromatic rings. The maximum Gasteiger partial charge on any atom is 0.308 e. The molecule has 1 saturated heterocycles. The fourth-order valence-corrected chi connectivity index (χ4v) is 4.12. The third kappa shape index (κ3) is 4.58. The largest absolute Gasteiger partial charge is 0.463 e. The second kappa shape index (κ2) is 7.97. The Hall–Kier alpha value is -1.93. The van der Waals surface area contributed by atoms with Crippen LogP contribution in [0.15, 0.2) is 29.2 Å². The SMILES string of the molecule is CCC(C)OC(=O)CC1C(=O)NCCN1S(=O)(=O)c1ccc(C)cc1. The molecule has 0 saturated carbocycles. The topological polar surface area (TPSA) is 92.8 Å². The Kier molecular flexibility index (Phi) is 6.18. The smallest absolute Gasteiger partial charge is 0.308 e. The van der Waals surface area contributed by atoms with E-state index in [-0.39, 0.29) is 30.5 Å². The number of ether oxygens (including phenoxy) is 1. The van der Waals surface area contributed by atoms with Crippen LogP contribution in [0.2, 0.25) is 0 Å². The number of carbonyl (C=O) groups excluding carboxylic acids is 2. The average molecular weight is 368 g/mol. The van der Waals surface area contributed by atoms with Crippen molar-refractivity contribution in [2.45, 2.75) is 50.7 Å². The van der Waals surface area contributed by atoms with E-state index in [0.29, 0.717) is 6.42 Å². The number of piperazine rings is 1. The molecule has 138 valence electrons. The first-order valence-electron chi connectivity index (χ1n) is 8.31. The van der Waals surface area contributed by atoms with Crippen LogP contribution in [0.5, 0.6) is 0 Å². The maximum atomic E-state index is 12.9. The van der Waals surface area contributed by atoms with Gasteiger partial charge >= 0.3 is 5.97 Å². The van der Waals surface area contributed by atoms with Crippen molar-refractivity contribution in [1.29, 1.82) is 0 Å². The molecular weight excluding hydrogens is 344 g/mol. The predicted molar refractivity (Wildman–Crippen MR) is 92.3 cm³/mol. The minimum absolute atomic E-state index is 0.105. The molecule has 2 atom stereocenters. The maximum absolute atomic E-state index is 12.9. The van der Waals surface area contributed by atoms with Gasteiger partial charge in [0.25, 0.3) is 0 Å². The summed E-state index contributed by atoms with van der Waals surface area (Å²) in [4.78, 5) is 24.4. The second-order valence-electron chi connectivity index (χ2n) is 6.15. The molecule has 0 spiro atoms. The van der Waals surface area contributed by atoms with Gasteiger partial charge in [0.2, 0.25) is 15.9 Å². The number of hydrogen-bond acceptors (Lipinski definition) is 5. The van der Waals surface area contributed by atoms with E-state index in [1.165, 1.54) is 12.1 Å². The lowest BCUT2D eigenvalue weighted by Crippen LogP contribution is -2.57. The molecule has 0 radical (unpaired) electrons. The highest BCUT2D eigenvalue weighted by atomic mass is 32.2. The zero-order valence-electron chi connectivity index (χ0n) is 14.7. The van der Waals surface area contributed by atoms with E-state index in [0.717, 1.165) is 9.87 Å². The molecule has 1 N–H and O–H groups in total. The van der Waals surface area contributed by atoms with Crippen LogP contribution in [-0.4, -0.2) is 49.8 Å². The normalized spacial score (nSPS) is 20.0. The Bertz CT molecular complexity index is 730. The Morgan fingerprint density at radius 1 is 1.36 bits per heavy atom. The lowest BCUT2D eigenvalue weighted by atomic mass is 10.1. The minimum Gasteiger partial charge on any atom is -0.463 e. The average Bonchev–Trinajstić information content (AvgIpc) is 2.56. The van der Waals surface area contributed by atoms with Gasteiger partial charge in [-0.25, -0.2) is 8.42 Å². The summed E-state index contributed by atoms with van der Waals surface area (Å²) in [6, 6.07) is 5.31. The van der Waals surface area contributed by atoms with Crippen LogP contribution in [0, 0.1) is 6.92 Å². The first kappa shape index (κ1) is 19.4. The van der Waals surface area contributed by atoms with Crippen molar-refractivity contribution in [2.24, 2.45) is 0 Å². The van der Waals surface area contributed by atoms with Crippen molar-refractivity contribution in [3.8, 4) is 0 Å². The molecule has 8 heteroatoms. The number of benzene rings is 1. The van der Waals surface area contributed by atoms with Crippen molar-refractivity contribution in [1.82, 2.24) is 9.62 Å². The minimum atomic E-state index is -3.88. The van der Waals surface area contributed by atoms with Crippen LogP contribution < -0.4 is 5.32 Å². The standard InChI is InChI=1S/C17H24N2O5S/c1-4-13(3)24-16(20)11-15-17(21)18-9-10-19(15)25(22,23)14-7-5-12(2)6-8-14/h5-8,13,15H,4,9-11H2,1-3H3,(H,18,21). The molecule has 25 heavy (non-hydrogen) atoms. The number of aryl methyl sites for hydroxylation is 1. The number of hydrogen-bond donors (Lipinski definition) is 1. The summed E-state index contributed by atoms with van der Waals surface area (Å²) in [5, 5.41) is 2.61. The lowest BCUT2D eigenvalue weighted by Gasteiger charge is -2.33. The second-order valence-corrected chi connectivity index (χ2v) is 8.04. The van der Waals surface area contributed by atoms with Crippen molar-refractivity contribution in [2.75, 3.05) is 13.1 Å². The van der Waals surface area contributed by atoms with Crippen molar-refractivity contribution in [3.63, 3.8) is 0 Å². The summed E-state index contributed by atoms with van der Waals surface area (Å²) in [6.45, 7) is 5.81. The highest BCUT2D eigenvalue weighted by molar-refractivity contribution is 7.89. The van der Waals surface area contributed by atoms with Gasteiger partial charge in [0.05, 0.1) is 17.4 Å². The van der Waals surface area contributed by atoms with Gasteiger partial charge in [-0.1, -0.05) is 24.6 Å². The zero-order valence-corrected chi connectivity index (χ0v) is 15.5. The molecule has 2 unspecified atom stereocenters. The van der Waals surface area contributed by atoms with E-state index in [9.17, 15) is 18.0 Å². The van der Waals surface area contributed by atoms with Gasteiger partial charge in [0.15, 0.2) is 0 Å². The molecule has 1 aromatic carbocycles. The first-order valence-corrected chi connectivity index (χ1v) is 9.75. The number of sulfonamides is 1. The van der Waals surface area contributed by atoms with E-state index in [1.807, 2.05) is 13.8 Å². The van der Waals surface area contributed by atoms with Crippen LogP contribution in [-0.2, 0) is 24.3 Å². The van der Waals surface area contributed by atoms with Crippen LogP contribution >= 0.6 is 0 Å². The Morgan fingerprint density at radius 3 is 2.60 bits per heavy atom. The van der Waals surface area contributed by atoms with Crippen LogP contribution in [0.3, 0.4) is 0 Å². The van der Waals surface area contributed by atoms with E-state index in [4.69, 9.17) is 4.74 Å². The summed E-state index contributed by atoms with van der Waals surface area (Å²) < 4.78 is 32.1. The molecule has 1 fully saturated rings. The number of amides is 1. The molecule has 2 rings (SSSR count). The Labute approximate surface area is 148 Å². The van der Waals surface area contributed by atoms with Gasteiger partial charge in [-0.15, -0.1) is 0 Å². The number of carbonyl (C=O) groups is 2. The molecule has 1 aliphatic heterocycles. The van der Waals surface area contributed by atoms with Gasteiger partial charge in [0, 0.05) is 13.1 Å². The lowest BCUT2D eigenvalue weighted by molar-refractivity contribution is -0.151. The summed E-state index contributed by atoms with van der Waals surface area (Å²) in [7, 11) is -3.88. The van der Waals surface area contributed by atoms with E-state index in [2.05, 4.69) is 5.32 Å². The summed E-state index contributed by atoms with van der Waals surface area (Å²) >= 11 is 0. The molecular formula is C17H24N2O5S. The molecule has 0 aromatic heterocycles. The van der Waals surface area contributed by atoms with Crippen molar-refractivity contribution >= 4 is 21.9 Å². The monoisotopic (exact) mass is 368 g/mol. The van der Waals surface area contributed by atoms with Crippen LogP contribution in [0.4, 0.5) is 0 Å². The van der Waals surface area contributed by atoms with Gasteiger partial charge in [-0.05, 0) is 32.4 Å². The van der Waals surface area contributed by atoms with E-state index < -0.39 is 27.9 Å². The Balaban J connectivity index is 2.25. The highest BCUT2D eigenvalue weighted by Gasteiger charge is 2.40. The molecule has 1 aliphatic rings. The first-order chi connectivity index (χ1) is 11.8. The Morgan fingerprint density at radius 2 is 2.00 bits per heavy atom. The third-order valence-corrected chi connectivity index (χ3v) is 6.10. The van der Waals surface area contributed by atoms with Gasteiger partial charge in [-0.2, -0.15) is 4.31 Å². The van der Waals surface area contributed by atoms with Gasteiger partial charge in [0.1, 0.15) is 6.04 Å². The van der Waals surface area contributed by atoms with Crippen molar-refractivity contribution in [3.05, 3.63) is 29.8 Å². The van der Waals surface area contributed by atoms with Crippen molar-refractivity contribution < 1.29 is 22.7 Å². The number of rotatable bonds is 6. The fraction of sp³-hybridized carbons (Fsp3) is 0.529. The predicted octanol–water partition coefficient (Wildman–Crippen LogP) is 1.22. The van der Waals surface area contributed by atoms with Gasteiger partial charge < -0.3 is 10.1 Å². The van der Waals surface area contributed by atoms with E-state index >= 15 is 0 Å². The number of nitrogens with one attached hydrogen (secondary N) is 1. The molecule has 1 amide bonds. The van der Waals surface area contributed by atoms with E-state index in [1.54, 1.807) is 19.1 Å². The molecule has 7 nitrogen and oxygen atoms in total. The number of nitrogens with zero attached hydrogens (tertiary/aromatic N) is 1. The third-order valence-electron chi connectivity index (χ3n) is 4.18. The van der Waals surface area contributed by atoms with Crippen LogP contribution in [0.25, 0.3) is 0 Å². The summed E-state index contributed by atoms with van der Waals surface area (Å²) in [5.41, 5.74) is 0.934. The molecule has 0 bridgehead atoms. The number of esters is 1. The summed E-state index contributed by atoms with van der Waals surface area (Å²) in [5.74, 6) is -1.07. The molecule has 1 heterocycles.